The minimum Gasteiger partial charge on any atom is -0.496 e. The Morgan fingerprint density at radius 3 is 2.27 bits per heavy atom. The summed E-state index contributed by atoms with van der Waals surface area (Å²) in [7, 11) is -1.80. The molecular weight excluding hydrogens is 348 g/mol. The molecule has 2 aromatic carbocycles. The van der Waals surface area contributed by atoms with Crippen LogP contribution in [0, 0.1) is 0 Å². The molecule has 0 bridgehead atoms. The number of hydrogen-bond donors (Lipinski definition) is 0. The van der Waals surface area contributed by atoms with Gasteiger partial charge in [-0.25, -0.2) is 8.42 Å². The third kappa shape index (κ3) is 4.31. The molecule has 0 spiro atoms. The van der Waals surface area contributed by atoms with Gasteiger partial charge in [-0.2, -0.15) is 4.31 Å². The molecule has 1 saturated heterocycles. The van der Waals surface area contributed by atoms with Gasteiger partial charge in [-0.15, -0.1) is 0 Å². The molecule has 1 aliphatic heterocycles. The zero-order chi connectivity index (χ0) is 18.4. The maximum Gasteiger partial charge on any atom is 0.243 e. The Kier molecular flexibility index (Phi) is 6.06. The molecule has 1 heterocycles. The molecule has 0 radical (unpaired) electrons. The second kappa shape index (κ2) is 8.47. The summed E-state index contributed by atoms with van der Waals surface area (Å²) >= 11 is 0. The van der Waals surface area contributed by atoms with Crippen LogP contribution in [0.2, 0.25) is 0 Å². The SMILES string of the molecule is COc1ccccc1C=Nc1ccc(S(=O)(=O)N2CCCCCC2)cc1. The van der Waals surface area contributed by atoms with Crippen molar-refractivity contribution in [1.29, 1.82) is 0 Å². The van der Waals surface area contributed by atoms with Gasteiger partial charge in [0.15, 0.2) is 0 Å². The van der Waals surface area contributed by atoms with E-state index in [9.17, 15) is 8.42 Å². The molecule has 1 aliphatic rings. The van der Waals surface area contributed by atoms with E-state index in [0.29, 0.717) is 23.7 Å². The lowest BCUT2D eigenvalue weighted by Gasteiger charge is -2.19. The normalized spacial score (nSPS) is 16.5. The summed E-state index contributed by atoms with van der Waals surface area (Å²) in [6, 6.07) is 14.3. The van der Waals surface area contributed by atoms with Crippen molar-refractivity contribution >= 4 is 21.9 Å². The van der Waals surface area contributed by atoms with Gasteiger partial charge in [-0.1, -0.05) is 25.0 Å². The smallest absolute Gasteiger partial charge is 0.243 e. The largest absolute Gasteiger partial charge is 0.496 e. The van der Waals surface area contributed by atoms with E-state index < -0.39 is 10.0 Å². The van der Waals surface area contributed by atoms with E-state index in [1.807, 2.05) is 24.3 Å². The molecule has 0 N–H and O–H groups in total. The average molecular weight is 372 g/mol. The lowest BCUT2D eigenvalue weighted by atomic mass is 10.2. The van der Waals surface area contributed by atoms with Crippen molar-refractivity contribution in [3.63, 3.8) is 0 Å². The number of para-hydroxylation sites is 1. The van der Waals surface area contributed by atoms with Gasteiger partial charge in [0.05, 0.1) is 17.7 Å². The third-order valence-electron chi connectivity index (χ3n) is 4.53. The Balaban J connectivity index is 1.76. The number of rotatable bonds is 5. The first-order chi connectivity index (χ1) is 12.6. The molecule has 0 unspecified atom stereocenters. The minimum absolute atomic E-state index is 0.329. The van der Waals surface area contributed by atoms with Gasteiger partial charge in [-0.3, -0.25) is 4.99 Å². The van der Waals surface area contributed by atoms with Crippen LogP contribution in [0.3, 0.4) is 0 Å². The van der Waals surface area contributed by atoms with E-state index in [1.54, 1.807) is 41.9 Å². The van der Waals surface area contributed by atoms with Crippen molar-refractivity contribution in [3.05, 3.63) is 54.1 Å². The highest BCUT2D eigenvalue weighted by molar-refractivity contribution is 7.89. The van der Waals surface area contributed by atoms with Crippen LogP contribution < -0.4 is 4.74 Å². The molecule has 1 fully saturated rings. The highest BCUT2D eigenvalue weighted by Gasteiger charge is 2.24. The zero-order valence-electron chi connectivity index (χ0n) is 15.0. The molecule has 0 saturated carbocycles. The highest BCUT2D eigenvalue weighted by Crippen LogP contribution is 2.23. The molecule has 0 amide bonds. The van der Waals surface area contributed by atoms with Crippen LogP contribution in [-0.2, 0) is 10.0 Å². The molecule has 2 aromatic rings. The van der Waals surface area contributed by atoms with Crippen LogP contribution >= 0.6 is 0 Å². The van der Waals surface area contributed by atoms with Gasteiger partial charge in [0.1, 0.15) is 5.75 Å². The van der Waals surface area contributed by atoms with Crippen molar-refractivity contribution < 1.29 is 13.2 Å². The fraction of sp³-hybridized carbons (Fsp3) is 0.350. The summed E-state index contributed by atoms with van der Waals surface area (Å²) in [5.41, 5.74) is 1.57. The predicted molar refractivity (Wildman–Crippen MR) is 104 cm³/mol. The first kappa shape index (κ1) is 18.6. The van der Waals surface area contributed by atoms with Crippen LogP contribution in [0.4, 0.5) is 5.69 Å². The standard InChI is InChI=1S/C20H24N2O3S/c1-25-20-9-5-4-8-17(20)16-21-18-10-12-19(13-11-18)26(23,24)22-14-6-2-3-7-15-22/h4-5,8-13,16H,2-3,6-7,14-15H2,1H3. The van der Waals surface area contributed by atoms with Gasteiger partial charge in [0.2, 0.25) is 10.0 Å². The fourth-order valence-electron chi connectivity index (χ4n) is 3.05. The van der Waals surface area contributed by atoms with Crippen LogP contribution in [0.25, 0.3) is 0 Å². The number of sulfonamides is 1. The van der Waals surface area contributed by atoms with Crippen molar-refractivity contribution in [2.24, 2.45) is 4.99 Å². The van der Waals surface area contributed by atoms with E-state index >= 15 is 0 Å². The lowest BCUT2D eigenvalue weighted by Crippen LogP contribution is -2.31. The van der Waals surface area contributed by atoms with Gasteiger partial charge >= 0.3 is 0 Å². The Morgan fingerprint density at radius 1 is 0.962 bits per heavy atom. The van der Waals surface area contributed by atoms with Crippen molar-refractivity contribution in [2.45, 2.75) is 30.6 Å². The monoisotopic (exact) mass is 372 g/mol. The minimum atomic E-state index is -3.42. The third-order valence-corrected chi connectivity index (χ3v) is 6.44. The lowest BCUT2D eigenvalue weighted by molar-refractivity contribution is 0.414. The van der Waals surface area contributed by atoms with Gasteiger partial charge in [0, 0.05) is 24.9 Å². The van der Waals surface area contributed by atoms with E-state index in [-0.39, 0.29) is 0 Å². The molecule has 0 atom stereocenters. The molecule has 0 aromatic heterocycles. The van der Waals surface area contributed by atoms with E-state index in [0.717, 1.165) is 37.0 Å². The van der Waals surface area contributed by atoms with E-state index in [4.69, 9.17) is 4.74 Å². The van der Waals surface area contributed by atoms with Crippen LogP contribution in [0.5, 0.6) is 5.75 Å². The van der Waals surface area contributed by atoms with Crippen molar-refractivity contribution in [1.82, 2.24) is 4.31 Å². The Bertz CT molecular complexity index is 853. The molecule has 0 aliphatic carbocycles. The number of nitrogens with zero attached hydrogens (tertiary/aromatic N) is 2. The Morgan fingerprint density at radius 2 is 1.62 bits per heavy atom. The van der Waals surface area contributed by atoms with Gasteiger partial charge in [-0.05, 0) is 49.2 Å². The average Bonchev–Trinajstić information content (AvgIpc) is 2.97. The van der Waals surface area contributed by atoms with E-state index in [2.05, 4.69) is 4.99 Å². The number of ether oxygens (including phenoxy) is 1. The predicted octanol–water partition coefficient (Wildman–Crippen LogP) is 4.01. The number of benzene rings is 2. The summed E-state index contributed by atoms with van der Waals surface area (Å²) in [6.07, 6.45) is 5.78. The first-order valence-corrected chi connectivity index (χ1v) is 10.3. The molecule has 6 heteroatoms. The summed E-state index contributed by atoms with van der Waals surface area (Å²) in [5.74, 6) is 0.747. The fourth-order valence-corrected chi connectivity index (χ4v) is 4.57. The molecule has 26 heavy (non-hydrogen) atoms. The summed E-state index contributed by atoms with van der Waals surface area (Å²) < 4.78 is 32.5. The summed E-state index contributed by atoms with van der Waals surface area (Å²) in [5, 5.41) is 0. The first-order valence-electron chi connectivity index (χ1n) is 8.88. The Hall–Kier alpha value is -2.18. The van der Waals surface area contributed by atoms with Crippen LogP contribution in [-0.4, -0.2) is 39.1 Å². The van der Waals surface area contributed by atoms with Crippen LogP contribution in [0.15, 0.2) is 58.4 Å². The van der Waals surface area contributed by atoms with Crippen molar-refractivity contribution in [3.8, 4) is 5.75 Å². The molecule has 138 valence electrons. The number of methoxy groups -OCH3 is 1. The Labute approximate surface area is 155 Å². The highest BCUT2D eigenvalue weighted by atomic mass is 32.2. The van der Waals surface area contributed by atoms with Gasteiger partial charge in [0.25, 0.3) is 0 Å². The van der Waals surface area contributed by atoms with E-state index in [1.165, 1.54) is 0 Å². The number of hydrogen-bond acceptors (Lipinski definition) is 4. The van der Waals surface area contributed by atoms with Crippen LogP contribution in [0.1, 0.15) is 31.2 Å². The summed E-state index contributed by atoms with van der Waals surface area (Å²) in [4.78, 5) is 4.75. The maximum atomic E-state index is 12.8. The second-order valence-electron chi connectivity index (χ2n) is 6.31. The topological polar surface area (TPSA) is 59.0 Å². The second-order valence-corrected chi connectivity index (χ2v) is 8.25. The zero-order valence-corrected chi connectivity index (χ0v) is 15.8. The quantitative estimate of drug-likeness (QED) is 0.745. The molecule has 3 rings (SSSR count). The van der Waals surface area contributed by atoms with Gasteiger partial charge < -0.3 is 4.74 Å². The maximum absolute atomic E-state index is 12.8. The summed E-state index contributed by atoms with van der Waals surface area (Å²) in [6.45, 7) is 1.21. The molecular formula is C20H24N2O3S. The van der Waals surface area contributed by atoms with Crippen molar-refractivity contribution in [2.75, 3.05) is 20.2 Å². The number of aliphatic imine (C=N–C) groups is 1. The molecule has 5 nitrogen and oxygen atoms in total.